The van der Waals surface area contributed by atoms with Crippen molar-refractivity contribution in [1.82, 2.24) is 19.9 Å². The zero-order chi connectivity index (χ0) is 21.9. The van der Waals surface area contributed by atoms with E-state index in [9.17, 15) is 9.18 Å². The van der Waals surface area contributed by atoms with Crippen molar-refractivity contribution in [3.05, 3.63) is 42.5 Å². The number of anilines is 6. The van der Waals surface area contributed by atoms with Crippen molar-refractivity contribution in [1.29, 1.82) is 0 Å². The SMILES string of the molecule is O=C1COc2ccc(Nc3nc(Nc4ccc(N5CCOCC5)nc4)ncc3F)nc2N1. The van der Waals surface area contributed by atoms with Crippen LogP contribution in [0.5, 0.6) is 5.75 Å². The molecule has 0 saturated carbocycles. The molecule has 32 heavy (non-hydrogen) atoms. The highest BCUT2D eigenvalue weighted by Gasteiger charge is 2.18. The van der Waals surface area contributed by atoms with Crippen LogP contribution in [0, 0.1) is 5.82 Å². The quantitative estimate of drug-likeness (QED) is 0.545. The topological polar surface area (TPSA) is 126 Å². The molecule has 5 rings (SSSR count). The average Bonchev–Trinajstić information content (AvgIpc) is 2.82. The Labute approximate surface area is 182 Å². The number of rotatable bonds is 5. The highest BCUT2D eigenvalue weighted by molar-refractivity contribution is 5.94. The second-order valence-electron chi connectivity index (χ2n) is 7.02. The van der Waals surface area contributed by atoms with Gasteiger partial charge in [-0.3, -0.25) is 4.79 Å². The fourth-order valence-corrected chi connectivity index (χ4v) is 3.24. The van der Waals surface area contributed by atoms with Crippen molar-refractivity contribution in [2.75, 3.05) is 53.8 Å². The molecule has 0 radical (unpaired) electrons. The Morgan fingerprint density at radius 1 is 1.03 bits per heavy atom. The molecule has 0 aromatic carbocycles. The molecule has 0 atom stereocenters. The number of hydrogen-bond donors (Lipinski definition) is 3. The minimum absolute atomic E-state index is 0.0701. The van der Waals surface area contributed by atoms with Gasteiger partial charge < -0.3 is 30.3 Å². The highest BCUT2D eigenvalue weighted by atomic mass is 19.1. The highest BCUT2D eigenvalue weighted by Crippen LogP contribution is 2.28. The fraction of sp³-hybridized carbons (Fsp3) is 0.250. The number of nitrogens with zero attached hydrogens (tertiary/aromatic N) is 5. The second-order valence-corrected chi connectivity index (χ2v) is 7.02. The van der Waals surface area contributed by atoms with Gasteiger partial charge in [-0.2, -0.15) is 4.98 Å². The zero-order valence-electron chi connectivity index (χ0n) is 16.8. The van der Waals surface area contributed by atoms with E-state index in [2.05, 4.69) is 40.8 Å². The number of hydrogen-bond acceptors (Lipinski definition) is 10. The van der Waals surface area contributed by atoms with E-state index in [0.717, 1.165) is 25.1 Å². The summed E-state index contributed by atoms with van der Waals surface area (Å²) in [6.45, 7) is 2.88. The first-order valence-electron chi connectivity index (χ1n) is 9.93. The number of nitrogens with one attached hydrogen (secondary N) is 3. The molecule has 0 aliphatic carbocycles. The number of halogens is 1. The van der Waals surface area contributed by atoms with Crippen molar-refractivity contribution in [3.8, 4) is 5.75 Å². The van der Waals surface area contributed by atoms with Gasteiger partial charge in [0.15, 0.2) is 29.8 Å². The van der Waals surface area contributed by atoms with Crippen LogP contribution in [-0.4, -0.2) is 58.8 Å². The molecule has 11 nitrogen and oxygen atoms in total. The number of carbonyl (C=O) groups is 1. The van der Waals surface area contributed by atoms with Crippen molar-refractivity contribution in [2.24, 2.45) is 0 Å². The van der Waals surface area contributed by atoms with E-state index in [1.54, 1.807) is 18.3 Å². The molecule has 12 heteroatoms. The maximum absolute atomic E-state index is 14.3. The molecular formula is C20H19FN8O3. The van der Waals surface area contributed by atoms with E-state index in [-0.39, 0.29) is 35.9 Å². The molecule has 164 valence electrons. The van der Waals surface area contributed by atoms with E-state index < -0.39 is 5.82 Å². The molecule has 1 fully saturated rings. The van der Waals surface area contributed by atoms with Crippen molar-refractivity contribution in [2.45, 2.75) is 0 Å². The first-order chi connectivity index (χ1) is 15.6. The van der Waals surface area contributed by atoms with Gasteiger partial charge in [0.25, 0.3) is 5.91 Å². The predicted octanol–water partition coefficient (Wildman–Crippen LogP) is 2.06. The lowest BCUT2D eigenvalue weighted by molar-refractivity contribution is -0.118. The predicted molar refractivity (Wildman–Crippen MR) is 114 cm³/mol. The van der Waals surface area contributed by atoms with Crippen LogP contribution in [-0.2, 0) is 9.53 Å². The number of morpholine rings is 1. The van der Waals surface area contributed by atoms with Gasteiger partial charge in [-0.25, -0.2) is 19.3 Å². The monoisotopic (exact) mass is 438 g/mol. The van der Waals surface area contributed by atoms with Gasteiger partial charge in [0.1, 0.15) is 11.6 Å². The summed E-state index contributed by atoms with van der Waals surface area (Å²) in [5.74, 6) is 0.983. The number of fused-ring (bicyclic) bond motifs is 1. The maximum Gasteiger partial charge on any atom is 0.263 e. The molecule has 3 N–H and O–H groups in total. The van der Waals surface area contributed by atoms with Gasteiger partial charge in [-0.1, -0.05) is 0 Å². The molecule has 2 aliphatic heterocycles. The number of amides is 1. The van der Waals surface area contributed by atoms with Crippen molar-refractivity contribution < 1.29 is 18.7 Å². The minimum Gasteiger partial charge on any atom is -0.480 e. The van der Waals surface area contributed by atoms with Crippen LogP contribution in [0.25, 0.3) is 0 Å². The molecule has 5 heterocycles. The first kappa shape index (κ1) is 19.9. The third-order valence-electron chi connectivity index (χ3n) is 4.80. The number of ether oxygens (including phenoxy) is 2. The van der Waals surface area contributed by atoms with Gasteiger partial charge in [0.05, 0.1) is 31.3 Å². The lowest BCUT2D eigenvalue weighted by atomic mass is 10.3. The third kappa shape index (κ3) is 4.34. The molecular weight excluding hydrogens is 419 g/mol. The van der Waals surface area contributed by atoms with Gasteiger partial charge in [0, 0.05) is 13.1 Å². The third-order valence-corrected chi connectivity index (χ3v) is 4.80. The molecule has 3 aromatic heterocycles. The Morgan fingerprint density at radius 3 is 2.72 bits per heavy atom. The summed E-state index contributed by atoms with van der Waals surface area (Å²) >= 11 is 0. The van der Waals surface area contributed by atoms with Gasteiger partial charge in [-0.05, 0) is 24.3 Å². The van der Waals surface area contributed by atoms with E-state index in [1.807, 2.05) is 12.1 Å². The van der Waals surface area contributed by atoms with Gasteiger partial charge >= 0.3 is 0 Å². The summed E-state index contributed by atoms with van der Waals surface area (Å²) in [5.41, 5.74) is 0.659. The van der Waals surface area contributed by atoms with E-state index in [4.69, 9.17) is 9.47 Å². The fourth-order valence-electron chi connectivity index (χ4n) is 3.24. The first-order valence-corrected chi connectivity index (χ1v) is 9.93. The Kier molecular flexibility index (Phi) is 5.34. The standard InChI is InChI=1S/C20H19FN8O3/c21-13-10-23-20(24-12-1-4-16(22-9-12)29-5-7-31-8-6-29)28-18(13)25-15-3-2-14-19(26-15)27-17(30)11-32-14/h1-4,9-10H,5-8,11H2,(H3,23,24,25,26,27,28,30). The summed E-state index contributed by atoms with van der Waals surface area (Å²) in [7, 11) is 0. The normalized spacial score (nSPS) is 15.4. The lowest BCUT2D eigenvalue weighted by Gasteiger charge is -2.27. The van der Waals surface area contributed by atoms with Crippen LogP contribution in [0.1, 0.15) is 0 Å². The molecule has 2 aliphatic rings. The molecule has 3 aromatic rings. The summed E-state index contributed by atoms with van der Waals surface area (Å²) in [4.78, 5) is 30.5. The average molecular weight is 438 g/mol. The Morgan fingerprint density at radius 2 is 1.91 bits per heavy atom. The summed E-state index contributed by atoms with van der Waals surface area (Å²) in [6.07, 6.45) is 2.72. The molecule has 1 amide bonds. The molecule has 0 spiro atoms. The molecule has 0 bridgehead atoms. The number of aromatic nitrogens is 4. The van der Waals surface area contributed by atoms with E-state index in [0.29, 0.717) is 24.7 Å². The summed E-state index contributed by atoms with van der Waals surface area (Å²) in [6, 6.07) is 6.97. The zero-order valence-corrected chi connectivity index (χ0v) is 16.8. The summed E-state index contributed by atoms with van der Waals surface area (Å²) in [5, 5.41) is 8.41. The van der Waals surface area contributed by atoms with Crippen LogP contribution in [0.15, 0.2) is 36.7 Å². The maximum atomic E-state index is 14.3. The number of pyridine rings is 2. The van der Waals surface area contributed by atoms with Crippen LogP contribution < -0.4 is 25.6 Å². The van der Waals surface area contributed by atoms with Gasteiger partial charge in [-0.15, -0.1) is 0 Å². The summed E-state index contributed by atoms with van der Waals surface area (Å²) < 4.78 is 24.9. The van der Waals surface area contributed by atoms with E-state index in [1.165, 1.54) is 0 Å². The van der Waals surface area contributed by atoms with Crippen LogP contribution in [0.3, 0.4) is 0 Å². The van der Waals surface area contributed by atoms with Crippen LogP contribution in [0.4, 0.5) is 39.3 Å². The van der Waals surface area contributed by atoms with Gasteiger partial charge in [0.2, 0.25) is 5.95 Å². The van der Waals surface area contributed by atoms with Crippen molar-refractivity contribution in [3.63, 3.8) is 0 Å². The second kappa shape index (κ2) is 8.59. The Balaban J connectivity index is 1.30. The molecule has 0 unspecified atom stereocenters. The smallest absolute Gasteiger partial charge is 0.263 e. The van der Waals surface area contributed by atoms with E-state index >= 15 is 0 Å². The minimum atomic E-state index is -0.656. The Bertz CT molecular complexity index is 1140. The number of carbonyl (C=O) groups excluding carboxylic acids is 1. The van der Waals surface area contributed by atoms with Crippen LogP contribution in [0.2, 0.25) is 0 Å². The lowest BCUT2D eigenvalue weighted by Crippen LogP contribution is -2.36. The Hall–Kier alpha value is -4.06. The van der Waals surface area contributed by atoms with Crippen LogP contribution >= 0.6 is 0 Å². The molecule has 1 saturated heterocycles. The van der Waals surface area contributed by atoms with Crippen molar-refractivity contribution >= 4 is 40.8 Å². The largest absolute Gasteiger partial charge is 0.480 e.